The van der Waals surface area contributed by atoms with Crippen LogP contribution in [0.3, 0.4) is 0 Å². The second-order valence-corrected chi connectivity index (χ2v) is 6.20. The van der Waals surface area contributed by atoms with Crippen molar-refractivity contribution in [1.29, 1.82) is 0 Å². The lowest BCUT2D eigenvalue weighted by Crippen LogP contribution is -2.37. The molecule has 0 saturated heterocycles. The quantitative estimate of drug-likeness (QED) is 0.832. The van der Waals surface area contributed by atoms with E-state index in [-0.39, 0.29) is 18.7 Å². The molecule has 1 aliphatic carbocycles. The van der Waals surface area contributed by atoms with Gasteiger partial charge in [0.15, 0.2) is 0 Å². The first kappa shape index (κ1) is 14.0. The highest BCUT2D eigenvalue weighted by atomic mass is 32.1. The standard InChI is InChI=1S/C14H23NO2S/c1-10(15-12(8-16)9-17-2)14-7-11-5-3-4-6-13(11)18-14/h7,10,12,15-16H,3-6,8-9H2,1-2H3. The Labute approximate surface area is 113 Å². The zero-order valence-electron chi connectivity index (χ0n) is 11.2. The number of fused-ring (bicyclic) bond motifs is 1. The van der Waals surface area contributed by atoms with E-state index in [1.807, 2.05) is 11.3 Å². The molecule has 0 fully saturated rings. The molecule has 0 spiro atoms. The summed E-state index contributed by atoms with van der Waals surface area (Å²) in [5.41, 5.74) is 1.54. The number of aliphatic hydroxyl groups excluding tert-OH is 1. The molecular weight excluding hydrogens is 246 g/mol. The number of thiophene rings is 1. The Balaban J connectivity index is 1.99. The summed E-state index contributed by atoms with van der Waals surface area (Å²) < 4.78 is 5.09. The SMILES string of the molecule is COCC(CO)NC(C)c1cc2c(s1)CCCC2. The van der Waals surface area contributed by atoms with E-state index in [1.165, 1.54) is 30.6 Å². The van der Waals surface area contributed by atoms with Crippen LogP contribution in [0.1, 0.15) is 41.1 Å². The van der Waals surface area contributed by atoms with E-state index in [9.17, 15) is 5.11 Å². The normalized spacial score (nSPS) is 18.4. The molecule has 1 heterocycles. The third-order valence-corrected chi connectivity index (χ3v) is 4.94. The van der Waals surface area contributed by atoms with Crippen LogP contribution in [-0.4, -0.2) is 31.5 Å². The lowest BCUT2D eigenvalue weighted by Gasteiger charge is -2.20. The Morgan fingerprint density at radius 1 is 1.44 bits per heavy atom. The summed E-state index contributed by atoms with van der Waals surface area (Å²) >= 11 is 1.93. The molecule has 102 valence electrons. The van der Waals surface area contributed by atoms with Crippen LogP contribution < -0.4 is 5.32 Å². The topological polar surface area (TPSA) is 41.5 Å². The fourth-order valence-electron chi connectivity index (χ4n) is 2.52. The minimum atomic E-state index is 0.0177. The van der Waals surface area contributed by atoms with Gasteiger partial charge in [-0.2, -0.15) is 0 Å². The second-order valence-electron chi connectivity index (χ2n) is 5.03. The lowest BCUT2D eigenvalue weighted by molar-refractivity contribution is 0.123. The largest absolute Gasteiger partial charge is 0.395 e. The molecule has 1 aromatic heterocycles. The molecule has 3 nitrogen and oxygen atoms in total. The van der Waals surface area contributed by atoms with Gasteiger partial charge in [-0.05, 0) is 44.2 Å². The molecule has 18 heavy (non-hydrogen) atoms. The molecule has 2 N–H and O–H groups in total. The zero-order chi connectivity index (χ0) is 13.0. The first-order chi connectivity index (χ1) is 8.74. The maximum Gasteiger partial charge on any atom is 0.0638 e. The van der Waals surface area contributed by atoms with Crippen LogP contribution in [0.2, 0.25) is 0 Å². The lowest BCUT2D eigenvalue weighted by atomic mass is 9.99. The van der Waals surface area contributed by atoms with Crippen molar-refractivity contribution in [2.45, 2.75) is 44.7 Å². The van der Waals surface area contributed by atoms with Crippen LogP contribution in [0.4, 0.5) is 0 Å². The fraction of sp³-hybridized carbons (Fsp3) is 0.714. The van der Waals surface area contributed by atoms with E-state index in [2.05, 4.69) is 18.3 Å². The van der Waals surface area contributed by atoms with Crippen LogP contribution in [0.5, 0.6) is 0 Å². The van der Waals surface area contributed by atoms with E-state index < -0.39 is 0 Å². The zero-order valence-corrected chi connectivity index (χ0v) is 12.1. The number of rotatable bonds is 6. The van der Waals surface area contributed by atoms with Crippen molar-refractivity contribution in [2.24, 2.45) is 0 Å². The number of aryl methyl sites for hydroxylation is 2. The Morgan fingerprint density at radius 3 is 2.89 bits per heavy atom. The van der Waals surface area contributed by atoms with Crippen molar-refractivity contribution >= 4 is 11.3 Å². The Kier molecular flexibility index (Phi) is 5.18. The molecule has 0 aliphatic heterocycles. The molecule has 0 bridgehead atoms. The van der Waals surface area contributed by atoms with Crippen molar-refractivity contribution in [1.82, 2.24) is 5.32 Å². The van der Waals surface area contributed by atoms with Gasteiger partial charge >= 0.3 is 0 Å². The van der Waals surface area contributed by atoms with Gasteiger partial charge in [-0.15, -0.1) is 11.3 Å². The maximum atomic E-state index is 9.28. The van der Waals surface area contributed by atoms with Gasteiger partial charge in [0.25, 0.3) is 0 Å². The summed E-state index contributed by atoms with van der Waals surface area (Å²) in [6, 6.07) is 2.65. The van der Waals surface area contributed by atoms with Crippen LogP contribution in [0.25, 0.3) is 0 Å². The van der Waals surface area contributed by atoms with E-state index in [4.69, 9.17) is 4.74 Å². The molecule has 0 amide bonds. The molecule has 0 saturated carbocycles. The van der Waals surface area contributed by atoms with Gasteiger partial charge in [0, 0.05) is 22.9 Å². The Morgan fingerprint density at radius 2 is 2.22 bits per heavy atom. The van der Waals surface area contributed by atoms with Crippen molar-refractivity contribution in [3.05, 3.63) is 21.4 Å². The van der Waals surface area contributed by atoms with E-state index in [0.29, 0.717) is 6.61 Å². The minimum Gasteiger partial charge on any atom is -0.395 e. The maximum absolute atomic E-state index is 9.28. The predicted molar refractivity (Wildman–Crippen MR) is 75.3 cm³/mol. The van der Waals surface area contributed by atoms with Crippen molar-refractivity contribution < 1.29 is 9.84 Å². The number of aliphatic hydroxyl groups is 1. The molecule has 1 aliphatic rings. The van der Waals surface area contributed by atoms with Crippen LogP contribution >= 0.6 is 11.3 Å². The Hall–Kier alpha value is -0.420. The van der Waals surface area contributed by atoms with Gasteiger partial charge in [0.05, 0.1) is 19.3 Å². The first-order valence-corrected chi connectivity index (χ1v) is 7.53. The van der Waals surface area contributed by atoms with Gasteiger partial charge in [-0.1, -0.05) is 0 Å². The smallest absolute Gasteiger partial charge is 0.0638 e. The van der Waals surface area contributed by atoms with Gasteiger partial charge < -0.3 is 15.2 Å². The van der Waals surface area contributed by atoms with E-state index in [0.717, 1.165) is 0 Å². The van der Waals surface area contributed by atoms with E-state index >= 15 is 0 Å². The van der Waals surface area contributed by atoms with Crippen molar-refractivity contribution in [3.63, 3.8) is 0 Å². The van der Waals surface area contributed by atoms with Crippen molar-refractivity contribution in [2.75, 3.05) is 20.3 Å². The van der Waals surface area contributed by atoms with Crippen LogP contribution in [0, 0.1) is 0 Å². The number of hydrogen-bond donors (Lipinski definition) is 2. The van der Waals surface area contributed by atoms with Gasteiger partial charge in [0.2, 0.25) is 0 Å². The average molecular weight is 269 g/mol. The third-order valence-electron chi connectivity index (χ3n) is 3.52. The summed E-state index contributed by atoms with van der Waals surface area (Å²) in [4.78, 5) is 2.95. The molecule has 0 radical (unpaired) electrons. The third kappa shape index (κ3) is 3.32. The Bertz CT molecular complexity index is 354. The first-order valence-electron chi connectivity index (χ1n) is 6.72. The number of nitrogens with one attached hydrogen (secondary N) is 1. The summed E-state index contributed by atoms with van der Waals surface area (Å²) in [5, 5.41) is 12.7. The summed E-state index contributed by atoms with van der Waals surface area (Å²) in [6.45, 7) is 2.82. The average Bonchev–Trinajstić information content (AvgIpc) is 2.82. The predicted octanol–water partition coefficient (Wildman–Crippen LogP) is 2.28. The molecule has 0 aromatic carbocycles. The molecular formula is C14H23NO2S. The van der Waals surface area contributed by atoms with Gasteiger partial charge in [0.1, 0.15) is 0 Å². The monoisotopic (exact) mass is 269 g/mol. The molecule has 4 heteroatoms. The summed E-state index contributed by atoms with van der Waals surface area (Å²) in [6.07, 6.45) is 5.14. The van der Waals surface area contributed by atoms with Gasteiger partial charge in [-0.25, -0.2) is 0 Å². The highest BCUT2D eigenvalue weighted by Gasteiger charge is 2.18. The molecule has 2 rings (SSSR count). The number of methoxy groups -OCH3 is 1. The molecule has 2 unspecified atom stereocenters. The fourth-order valence-corrected chi connectivity index (χ4v) is 3.79. The molecule has 1 aromatic rings. The number of hydrogen-bond acceptors (Lipinski definition) is 4. The van der Waals surface area contributed by atoms with Crippen LogP contribution in [-0.2, 0) is 17.6 Å². The van der Waals surface area contributed by atoms with Gasteiger partial charge in [-0.3, -0.25) is 0 Å². The van der Waals surface area contributed by atoms with Crippen molar-refractivity contribution in [3.8, 4) is 0 Å². The highest BCUT2D eigenvalue weighted by Crippen LogP contribution is 2.32. The summed E-state index contributed by atoms with van der Waals surface area (Å²) in [5.74, 6) is 0. The highest BCUT2D eigenvalue weighted by molar-refractivity contribution is 7.12. The summed E-state index contributed by atoms with van der Waals surface area (Å²) in [7, 11) is 1.67. The number of ether oxygens (including phenoxy) is 1. The van der Waals surface area contributed by atoms with Crippen LogP contribution in [0.15, 0.2) is 6.07 Å². The van der Waals surface area contributed by atoms with E-state index in [1.54, 1.807) is 17.6 Å². The molecule has 2 atom stereocenters. The second kappa shape index (κ2) is 6.66. The minimum absolute atomic E-state index is 0.0177.